The monoisotopic (exact) mass is 406 g/mol. The third-order valence-corrected chi connectivity index (χ3v) is 9.22. The van der Waals surface area contributed by atoms with Gasteiger partial charge in [0.25, 0.3) is 0 Å². The summed E-state index contributed by atoms with van der Waals surface area (Å²) in [5.74, 6) is 0.892. The van der Waals surface area contributed by atoms with Crippen LogP contribution in [-0.2, 0) is 19.3 Å². The maximum atomic E-state index is 11.8. The maximum absolute atomic E-state index is 11.8. The summed E-state index contributed by atoms with van der Waals surface area (Å²) >= 11 is 0. The topological polar surface area (TPSA) is 44.8 Å². The van der Waals surface area contributed by atoms with Gasteiger partial charge in [0, 0.05) is 0 Å². The summed E-state index contributed by atoms with van der Waals surface area (Å²) in [5, 5.41) is 0. The van der Waals surface area contributed by atoms with Crippen LogP contribution in [0, 0.1) is 28.6 Å². The average Bonchev–Trinajstić information content (AvgIpc) is 2.71. The van der Waals surface area contributed by atoms with Crippen molar-refractivity contribution < 1.29 is 19.3 Å². The zero-order valence-corrected chi connectivity index (χ0v) is 19.5. The van der Waals surface area contributed by atoms with Crippen LogP contribution >= 0.6 is 0 Å². The summed E-state index contributed by atoms with van der Waals surface area (Å²) < 4.78 is 4.86. The minimum Gasteiger partial charge on any atom is -0.469 e. The van der Waals surface area contributed by atoms with Gasteiger partial charge in [-0.25, -0.2) is 9.78 Å². The molecule has 29 heavy (non-hydrogen) atoms. The summed E-state index contributed by atoms with van der Waals surface area (Å²) in [6.07, 6.45) is 10.1. The molecule has 0 aromatic rings. The predicted molar refractivity (Wildman–Crippen MR) is 115 cm³/mol. The number of fused-ring (bicyclic) bond motifs is 1. The Morgan fingerprint density at radius 3 is 2.55 bits per heavy atom. The van der Waals surface area contributed by atoms with E-state index in [9.17, 15) is 4.79 Å². The standard InChI is InChI=1S/C25H42O4/c1-17-9-8-10-21-24(17,5)14-11-18(2)25(21,6)16-15-23(4)13-12-20(28-29-23)19(3)22(26)27-7/h18-21H,1,8-16H2,2-7H3/t18-,19+,20-,21+,23-,24+,25+/m0/s1. The summed E-state index contributed by atoms with van der Waals surface area (Å²) in [7, 11) is 1.42. The largest absolute Gasteiger partial charge is 0.469 e. The second-order valence-corrected chi connectivity index (χ2v) is 10.9. The van der Waals surface area contributed by atoms with E-state index in [1.165, 1.54) is 44.8 Å². The highest BCUT2D eigenvalue weighted by Gasteiger charge is 2.54. The van der Waals surface area contributed by atoms with Gasteiger partial charge in [0.15, 0.2) is 0 Å². The van der Waals surface area contributed by atoms with Crippen molar-refractivity contribution in [3.63, 3.8) is 0 Å². The molecule has 0 aromatic heterocycles. The van der Waals surface area contributed by atoms with E-state index >= 15 is 0 Å². The van der Waals surface area contributed by atoms with Crippen LogP contribution in [0.2, 0.25) is 0 Å². The molecule has 166 valence electrons. The van der Waals surface area contributed by atoms with Gasteiger partial charge in [-0.2, -0.15) is 0 Å². The Labute approximate surface area is 177 Å². The number of rotatable bonds is 5. The van der Waals surface area contributed by atoms with Crippen LogP contribution in [-0.4, -0.2) is 24.8 Å². The lowest BCUT2D eigenvalue weighted by atomic mass is 9.46. The van der Waals surface area contributed by atoms with Crippen molar-refractivity contribution in [1.29, 1.82) is 0 Å². The molecule has 1 saturated heterocycles. The molecule has 1 aliphatic heterocycles. The normalized spacial score (nSPS) is 44.1. The lowest BCUT2D eigenvalue weighted by molar-refractivity contribution is -0.412. The second kappa shape index (κ2) is 8.34. The summed E-state index contributed by atoms with van der Waals surface area (Å²) in [4.78, 5) is 23.4. The molecule has 0 unspecified atom stereocenters. The lowest BCUT2D eigenvalue weighted by Gasteiger charge is -2.59. The highest BCUT2D eigenvalue weighted by Crippen LogP contribution is 2.63. The Kier molecular flexibility index (Phi) is 6.56. The van der Waals surface area contributed by atoms with E-state index in [-0.39, 0.29) is 23.6 Å². The number of hydrogen-bond donors (Lipinski definition) is 0. The molecule has 4 nitrogen and oxygen atoms in total. The smallest absolute Gasteiger partial charge is 0.311 e. The van der Waals surface area contributed by atoms with Crippen LogP contribution in [0.3, 0.4) is 0 Å². The van der Waals surface area contributed by atoms with Crippen molar-refractivity contribution in [3.05, 3.63) is 12.2 Å². The molecule has 2 saturated carbocycles. The van der Waals surface area contributed by atoms with Crippen LogP contribution in [0.5, 0.6) is 0 Å². The molecule has 3 aliphatic rings. The first kappa shape index (κ1) is 22.8. The number of ether oxygens (including phenoxy) is 1. The molecule has 2 aliphatic carbocycles. The second-order valence-electron chi connectivity index (χ2n) is 10.9. The Morgan fingerprint density at radius 1 is 1.21 bits per heavy atom. The molecule has 0 amide bonds. The van der Waals surface area contributed by atoms with Gasteiger partial charge in [0.2, 0.25) is 0 Å². The van der Waals surface area contributed by atoms with Gasteiger partial charge in [0.1, 0.15) is 11.7 Å². The minimum absolute atomic E-state index is 0.218. The number of allylic oxidation sites excluding steroid dienone is 1. The SMILES string of the molecule is C=C1CCC[C@H]2[C@](C)(CC[C@]3(C)CC[C@@H]([C@@H](C)C(=O)OC)OO3)[C@@H](C)CC[C@]12C. The Morgan fingerprint density at radius 2 is 1.93 bits per heavy atom. The van der Waals surface area contributed by atoms with Gasteiger partial charge in [0.05, 0.1) is 13.0 Å². The fraction of sp³-hybridized carbons (Fsp3) is 0.880. The zero-order chi connectivity index (χ0) is 21.4. The van der Waals surface area contributed by atoms with E-state index in [4.69, 9.17) is 14.5 Å². The van der Waals surface area contributed by atoms with Crippen LogP contribution < -0.4 is 0 Å². The molecular formula is C25H42O4. The van der Waals surface area contributed by atoms with E-state index in [1.54, 1.807) is 0 Å². The molecular weight excluding hydrogens is 364 g/mol. The third kappa shape index (κ3) is 4.17. The first-order valence-electron chi connectivity index (χ1n) is 11.7. The molecule has 0 spiro atoms. The highest BCUT2D eigenvalue weighted by atomic mass is 17.2. The molecule has 0 bridgehead atoms. The molecule has 7 atom stereocenters. The van der Waals surface area contributed by atoms with E-state index in [0.29, 0.717) is 22.7 Å². The molecule has 0 radical (unpaired) electrons. The van der Waals surface area contributed by atoms with Crippen molar-refractivity contribution in [2.75, 3.05) is 7.11 Å². The third-order valence-electron chi connectivity index (χ3n) is 9.22. The molecule has 1 heterocycles. The van der Waals surface area contributed by atoms with Crippen molar-refractivity contribution in [2.45, 2.75) is 104 Å². The first-order valence-corrected chi connectivity index (χ1v) is 11.7. The summed E-state index contributed by atoms with van der Waals surface area (Å²) in [6, 6.07) is 0. The first-order chi connectivity index (χ1) is 13.6. The molecule has 3 fully saturated rings. The fourth-order valence-electron chi connectivity index (χ4n) is 6.48. The van der Waals surface area contributed by atoms with Gasteiger partial charge in [-0.15, -0.1) is 0 Å². The number of methoxy groups -OCH3 is 1. The van der Waals surface area contributed by atoms with Crippen LogP contribution in [0.4, 0.5) is 0 Å². The molecule has 0 aromatic carbocycles. The lowest BCUT2D eigenvalue weighted by Crippen LogP contribution is -2.51. The van der Waals surface area contributed by atoms with Gasteiger partial charge in [-0.1, -0.05) is 32.9 Å². The molecule has 3 rings (SSSR count). The minimum atomic E-state index is -0.297. The van der Waals surface area contributed by atoms with Crippen LogP contribution in [0.15, 0.2) is 12.2 Å². The summed E-state index contributed by atoms with van der Waals surface area (Å²) in [6.45, 7) is 16.0. The Hall–Kier alpha value is -0.870. The van der Waals surface area contributed by atoms with E-state index in [1.807, 2.05) is 6.92 Å². The highest BCUT2D eigenvalue weighted by molar-refractivity contribution is 5.72. The number of hydrogen-bond acceptors (Lipinski definition) is 4. The van der Waals surface area contributed by atoms with Crippen molar-refractivity contribution in [1.82, 2.24) is 0 Å². The molecule has 4 heteroatoms. The maximum Gasteiger partial charge on any atom is 0.311 e. The van der Waals surface area contributed by atoms with Gasteiger partial charge in [-0.05, 0) is 94.3 Å². The fourth-order valence-corrected chi connectivity index (χ4v) is 6.48. The van der Waals surface area contributed by atoms with E-state index < -0.39 is 0 Å². The van der Waals surface area contributed by atoms with Crippen LogP contribution in [0.1, 0.15) is 92.4 Å². The summed E-state index contributed by atoms with van der Waals surface area (Å²) in [5.41, 5.74) is 1.80. The predicted octanol–water partition coefficient (Wildman–Crippen LogP) is 6.24. The number of carbonyl (C=O) groups excluding carboxylic acids is 1. The zero-order valence-electron chi connectivity index (χ0n) is 19.5. The molecule has 0 N–H and O–H groups in total. The van der Waals surface area contributed by atoms with Crippen molar-refractivity contribution in [3.8, 4) is 0 Å². The van der Waals surface area contributed by atoms with E-state index in [0.717, 1.165) is 25.7 Å². The Bertz CT molecular complexity index is 620. The Balaban J connectivity index is 1.65. The quantitative estimate of drug-likeness (QED) is 0.308. The number of esters is 1. The van der Waals surface area contributed by atoms with Crippen molar-refractivity contribution >= 4 is 5.97 Å². The number of carbonyl (C=O) groups is 1. The van der Waals surface area contributed by atoms with Gasteiger partial charge < -0.3 is 4.74 Å². The van der Waals surface area contributed by atoms with Gasteiger partial charge >= 0.3 is 5.97 Å². The average molecular weight is 407 g/mol. The van der Waals surface area contributed by atoms with Gasteiger partial charge in [-0.3, -0.25) is 4.79 Å². The van der Waals surface area contributed by atoms with E-state index in [2.05, 4.69) is 34.3 Å². The van der Waals surface area contributed by atoms with Crippen LogP contribution in [0.25, 0.3) is 0 Å². The van der Waals surface area contributed by atoms with Crippen molar-refractivity contribution in [2.24, 2.45) is 28.6 Å².